The Bertz CT molecular complexity index is 614. The first kappa shape index (κ1) is 15.9. The van der Waals surface area contributed by atoms with Gasteiger partial charge in [-0.05, 0) is 38.4 Å². The summed E-state index contributed by atoms with van der Waals surface area (Å²) in [5.74, 6) is 0.789. The lowest BCUT2D eigenvalue weighted by Crippen LogP contribution is -2.38. The molecule has 0 bridgehead atoms. The molecule has 2 rings (SSSR count). The van der Waals surface area contributed by atoms with E-state index in [1.54, 1.807) is 0 Å². The maximum atomic E-state index is 5.84. The zero-order valence-electron chi connectivity index (χ0n) is 13.8. The zero-order valence-corrected chi connectivity index (χ0v) is 13.8. The van der Waals surface area contributed by atoms with Gasteiger partial charge in [0.2, 0.25) is 5.78 Å². The second-order valence-electron chi connectivity index (χ2n) is 6.61. The predicted octanol–water partition coefficient (Wildman–Crippen LogP) is 2.15. The monoisotopic (exact) mass is 289 g/mol. The molecule has 0 radical (unpaired) electrons. The molecule has 21 heavy (non-hydrogen) atoms. The summed E-state index contributed by atoms with van der Waals surface area (Å²) in [5, 5.41) is 0. The predicted molar refractivity (Wildman–Crippen MR) is 86.2 cm³/mol. The normalized spacial score (nSPS) is 12.5. The lowest BCUT2D eigenvalue weighted by molar-refractivity contribution is 0.182. The molecule has 0 amide bonds. The molecule has 2 N–H and O–H groups in total. The molecule has 0 aliphatic carbocycles. The van der Waals surface area contributed by atoms with Crippen molar-refractivity contribution in [3.63, 3.8) is 0 Å². The van der Waals surface area contributed by atoms with Crippen LogP contribution in [0.3, 0.4) is 0 Å². The Morgan fingerprint density at radius 2 is 2.00 bits per heavy atom. The molecule has 0 unspecified atom stereocenters. The van der Waals surface area contributed by atoms with E-state index in [0.717, 1.165) is 36.8 Å². The average Bonchev–Trinajstić information content (AvgIpc) is 2.80. The molecular formula is C16H27N5. The minimum absolute atomic E-state index is 0.125. The van der Waals surface area contributed by atoms with Crippen LogP contribution in [-0.2, 0) is 6.54 Å². The van der Waals surface area contributed by atoms with Crippen LogP contribution in [0.15, 0.2) is 12.3 Å². The molecule has 2 heterocycles. The van der Waals surface area contributed by atoms with Gasteiger partial charge in [-0.3, -0.25) is 9.30 Å². The lowest BCUT2D eigenvalue weighted by atomic mass is 9.93. The number of aromatic nitrogens is 3. The fraction of sp³-hybridized carbons (Fsp3) is 0.625. The Labute approximate surface area is 127 Å². The summed E-state index contributed by atoms with van der Waals surface area (Å²) in [6.07, 6.45) is 2.09. The summed E-state index contributed by atoms with van der Waals surface area (Å²) < 4.78 is 2.06. The maximum absolute atomic E-state index is 5.84. The summed E-state index contributed by atoms with van der Waals surface area (Å²) in [5.41, 5.74) is 9.21. The van der Waals surface area contributed by atoms with Gasteiger partial charge in [0.1, 0.15) is 0 Å². The van der Waals surface area contributed by atoms with E-state index in [1.165, 1.54) is 5.69 Å². The van der Waals surface area contributed by atoms with Crippen LogP contribution in [0.25, 0.3) is 5.78 Å². The molecule has 0 saturated carbocycles. The van der Waals surface area contributed by atoms with E-state index in [2.05, 4.69) is 59.2 Å². The molecule has 2 aromatic heterocycles. The average molecular weight is 289 g/mol. The van der Waals surface area contributed by atoms with Crippen molar-refractivity contribution in [2.24, 2.45) is 11.1 Å². The van der Waals surface area contributed by atoms with Crippen LogP contribution in [-0.4, -0.2) is 38.9 Å². The highest BCUT2D eigenvalue weighted by molar-refractivity contribution is 5.34. The number of hydrogen-bond donors (Lipinski definition) is 1. The molecule has 5 nitrogen and oxygen atoms in total. The molecule has 0 fully saturated rings. The van der Waals surface area contributed by atoms with Crippen LogP contribution >= 0.6 is 0 Å². The van der Waals surface area contributed by atoms with Gasteiger partial charge >= 0.3 is 0 Å². The highest BCUT2D eigenvalue weighted by Gasteiger charge is 2.20. The highest BCUT2D eigenvalue weighted by atomic mass is 15.2. The Kier molecular flexibility index (Phi) is 4.64. The van der Waals surface area contributed by atoms with E-state index >= 15 is 0 Å². The molecule has 116 valence electrons. The second-order valence-corrected chi connectivity index (χ2v) is 6.61. The fourth-order valence-corrected chi connectivity index (χ4v) is 2.57. The van der Waals surface area contributed by atoms with Gasteiger partial charge < -0.3 is 5.73 Å². The molecule has 0 aromatic carbocycles. The Hall–Kier alpha value is -1.46. The summed E-state index contributed by atoms with van der Waals surface area (Å²) in [4.78, 5) is 11.5. The largest absolute Gasteiger partial charge is 0.330 e. The molecule has 0 spiro atoms. The van der Waals surface area contributed by atoms with E-state index < -0.39 is 0 Å². The van der Waals surface area contributed by atoms with Crippen LogP contribution in [0.5, 0.6) is 0 Å². The number of fused-ring (bicyclic) bond motifs is 1. The number of hydrogen-bond acceptors (Lipinski definition) is 4. The highest BCUT2D eigenvalue weighted by Crippen LogP contribution is 2.17. The number of nitrogens with two attached hydrogens (primary N) is 1. The quantitative estimate of drug-likeness (QED) is 0.885. The molecule has 0 aliphatic rings. The number of rotatable bonds is 6. The minimum atomic E-state index is 0.125. The van der Waals surface area contributed by atoms with Crippen LogP contribution in [0.1, 0.15) is 37.9 Å². The van der Waals surface area contributed by atoms with Crippen LogP contribution < -0.4 is 5.73 Å². The van der Waals surface area contributed by atoms with Gasteiger partial charge in [-0.15, -0.1) is 0 Å². The van der Waals surface area contributed by atoms with Crippen molar-refractivity contribution >= 4 is 5.78 Å². The molecule has 0 saturated heterocycles. The van der Waals surface area contributed by atoms with Crippen molar-refractivity contribution in [2.75, 3.05) is 19.6 Å². The lowest BCUT2D eigenvalue weighted by Gasteiger charge is -2.30. The van der Waals surface area contributed by atoms with Gasteiger partial charge in [-0.25, -0.2) is 9.97 Å². The minimum Gasteiger partial charge on any atom is -0.330 e. The number of nitrogens with zero attached hydrogens (tertiary/aromatic N) is 4. The van der Waals surface area contributed by atoms with E-state index in [1.807, 2.05) is 6.92 Å². The maximum Gasteiger partial charge on any atom is 0.234 e. The summed E-state index contributed by atoms with van der Waals surface area (Å²) >= 11 is 0. The zero-order chi connectivity index (χ0) is 15.6. The van der Waals surface area contributed by atoms with Crippen LogP contribution in [0.4, 0.5) is 0 Å². The number of imidazole rings is 1. The van der Waals surface area contributed by atoms with Crippen molar-refractivity contribution < 1.29 is 0 Å². The molecular weight excluding hydrogens is 262 g/mol. The standard InChI is InChI=1S/C16H27N5/c1-6-20(11-16(4,5)10-17)8-14-9-21-13(3)7-12(2)18-15(21)19-14/h7,9H,6,8,10-11,17H2,1-5H3. The van der Waals surface area contributed by atoms with Crippen molar-refractivity contribution in [1.82, 2.24) is 19.3 Å². The van der Waals surface area contributed by atoms with Gasteiger partial charge in [0.05, 0.1) is 5.69 Å². The molecule has 0 atom stereocenters. The Morgan fingerprint density at radius 3 is 2.62 bits per heavy atom. The topological polar surface area (TPSA) is 59.5 Å². The van der Waals surface area contributed by atoms with Gasteiger partial charge in [-0.1, -0.05) is 20.8 Å². The number of aryl methyl sites for hydroxylation is 2. The summed E-state index contributed by atoms with van der Waals surface area (Å²) in [6, 6.07) is 2.08. The van der Waals surface area contributed by atoms with Gasteiger partial charge in [0.15, 0.2) is 0 Å². The smallest absolute Gasteiger partial charge is 0.234 e. The van der Waals surface area contributed by atoms with Gasteiger partial charge in [0, 0.05) is 30.7 Å². The van der Waals surface area contributed by atoms with E-state index in [-0.39, 0.29) is 5.41 Å². The van der Waals surface area contributed by atoms with E-state index in [9.17, 15) is 0 Å². The first-order valence-electron chi connectivity index (χ1n) is 7.59. The Balaban J connectivity index is 2.20. The second kappa shape index (κ2) is 6.12. The first-order chi connectivity index (χ1) is 9.84. The van der Waals surface area contributed by atoms with Crippen molar-refractivity contribution in [3.8, 4) is 0 Å². The third kappa shape index (κ3) is 3.80. The van der Waals surface area contributed by atoms with Crippen molar-refractivity contribution in [1.29, 1.82) is 0 Å². The summed E-state index contributed by atoms with van der Waals surface area (Å²) in [6.45, 7) is 14.2. The first-order valence-corrected chi connectivity index (χ1v) is 7.59. The van der Waals surface area contributed by atoms with E-state index in [4.69, 9.17) is 5.73 Å². The van der Waals surface area contributed by atoms with Gasteiger partial charge in [0.25, 0.3) is 0 Å². The van der Waals surface area contributed by atoms with E-state index in [0.29, 0.717) is 6.54 Å². The van der Waals surface area contributed by atoms with Gasteiger partial charge in [-0.2, -0.15) is 0 Å². The molecule has 2 aromatic rings. The van der Waals surface area contributed by atoms with Crippen LogP contribution in [0, 0.1) is 19.3 Å². The summed E-state index contributed by atoms with van der Waals surface area (Å²) in [7, 11) is 0. The third-order valence-electron chi connectivity index (χ3n) is 3.85. The molecule has 0 aliphatic heterocycles. The third-order valence-corrected chi connectivity index (χ3v) is 3.85. The Morgan fingerprint density at radius 1 is 1.29 bits per heavy atom. The SMILES string of the molecule is CCN(Cc1cn2c(C)cc(C)nc2n1)CC(C)(C)CN. The fourth-order valence-electron chi connectivity index (χ4n) is 2.57. The van der Waals surface area contributed by atoms with Crippen LogP contribution in [0.2, 0.25) is 0 Å². The molecule has 5 heteroatoms. The van der Waals surface area contributed by atoms with Crippen molar-refractivity contribution in [2.45, 2.75) is 41.2 Å². The van der Waals surface area contributed by atoms with Crippen molar-refractivity contribution in [3.05, 3.63) is 29.3 Å².